The molecule has 2 aromatic heterocycles. The van der Waals surface area contributed by atoms with E-state index in [9.17, 15) is 9.59 Å². The Hall–Kier alpha value is -3.47. The molecule has 2 fully saturated rings. The molecule has 2 aliphatic heterocycles. The summed E-state index contributed by atoms with van der Waals surface area (Å²) in [5.41, 5.74) is 6.87. The van der Waals surface area contributed by atoms with Crippen LogP contribution in [0, 0.1) is 0 Å². The molecular formula is C20H26N8O3. The fourth-order valence-electron chi connectivity index (χ4n) is 3.72. The predicted molar refractivity (Wildman–Crippen MR) is 116 cm³/mol. The molecule has 2 aliphatic rings. The maximum Gasteiger partial charge on any atom is 0.274 e. The van der Waals surface area contributed by atoms with Gasteiger partial charge in [0.05, 0.1) is 18.8 Å². The average Bonchev–Trinajstić information content (AvgIpc) is 3.47. The van der Waals surface area contributed by atoms with E-state index in [1.807, 2.05) is 0 Å². The molecule has 0 atom stereocenters. The quantitative estimate of drug-likeness (QED) is 0.510. The number of aromatic nitrogens is 3. The van der Waals surface area contributed by atoms with E-state index in [-0.39, 0.29) is 17.2 Å². The smallest absolute Gasteiger partial charge is 0.274 e. The third-order valence-corrected chi connectivity index (χ3v) is 5.36. The molecule has 0 saturated carbocycles. The summed E-state index contributed by atoms with van der Waals surface area (Å²) in [6, 6.07) is 3.45. The van der Waals surface area contributed by atoms with Crippen LogP contribution >= 0.6 is 0 Å². The first-order valence-electron chi connectivity index (χ1n) is 10.3. The number of amides is 2. The SMILES string of the molecule is CN=C(C(=O)Nc1ccn2nc(N3CCCC3)nc2c1)C(=CN)C(=O)N1CCOCC1. The Balaban J connectivity index is 1.49. The van der Waals surface area contributed by atoms with Crippen LogP contribution in [0.3, 0.4) is 0 Å². The number of nitrogens with zero attached hydrogens (tertiary/aromatic N) is 6. The molecular weight excluding hydrogens is 400 g/mol. The van der Waals surface area contributed by atoms with E-state index in [0.717, 1.165) is 32.1 Å². The van der Waals surface area contributed by atoms with Gasteiger partial charge < -0.3 is 25.6 Å². The third kappa shape index (κ3) is 4.36. The molecule has 3 N–H and O–H groups in total. The molecule has 11 nitrogen and oxygen atoms in total. The molecule has 2 amide bonds. The molecule has 0 bridgehead atoms. The zero-order valence-electron chi connectivity index (χ0n) is 17.5. The van der Waals surface area contributed by atoms with E-state index in [4.69, 9.17) is 10.5 Å². The fraction of sp³-hybridized carbons (Fsp3) is 0.450. The standard InChI is InChI=1S/C20H26N8O3/c1-22-17(15(13-21)19(30)26-8-10-31-11-9-26)18(29)23-14-4-7-28-16(12-14)24-20(25-28)27-5-2-3-6-27/h4,7,12-13H,2-3,5-6,8-11,21H2,1H3,(H,23,29). The van der Waals surface area contributed by atoms with Gasteiger partial charge in [-0.3, -0.25) is 14.6 Å². The molecule has 11 heteroatoms. The van der Waals surface area contributed by atoms with E-state index < -0.39 is 5.91 Å². The number of carbonyl (C=O) groups excluding carboxylic acids is 2. The summed E-state index contributed by atoms with van der Waals surface area (Å²) in [5.74, 6) is -0.185. The van der Waals surface area contributed by atoms with Crippen LogP contribution in [0.2, 0.25) is 0 Å². The fourth-order valence-corrected chi connectivity index (χ4v) is 3.72. The first-order chi connectivity index (χ1) is 15.1. The van der Waals surface area contributed by atoms with Gasteiger partial charge in [0.25, 0.3) is 11.8 Å². The summed E-state index contributed by atoms with van der Waals surface area (Å²) >= 11 is 0. The zero-order valence-corrected chi connectivity index (χ0v) is 17.5. The van der Waals surface area contributed by atoms with Crippen molar-refractivity contribution >= 4 is 34.8 Å². The Bertz CT molecular complexity index is 1030. The van der Waals surface area contributed by atoms with Crippen molar-refractivity contribution in [2.24, 2.45) is 10.7 Å². The molecule has 4 heterocycles. The molecule has 2 saturated heterocycles. The molecule has 0 aromatic carbocycles. The number of nitrogens with two attached hydrogens (primary N) is 1. The number of aliphatic imine (C=N–C) groups is 1. The van der Waals surface area contributed by atoms with Gasteiger partial charge in [0.1, 0.15) is 5.71 Å². The first kappa shape index (κ1) is 20.8. The second-order valence-electron chi connectivity index (χ2n) is 7.34. The lowest BCUT2D eigenvalue weighted by Gasteiger charge is -2.27. The number of hydrogen-bond donors (Lipinski definition) is 2. The van der Waals surface area contributed by atoms with Crippen LogP contribution in [-0.2, 0) is 14.3 Å². The van der Waals surface area contributed by atoms with Gasteiger partial charge in [0, 0.05) is 57.4 Å². The number of carbonyl (C=O) groups is 2. The predicted octanol–water partition coefficient (Wildman–Crippen LogP) is 0.0402. The molecule has 164 valence electrons. The molecule has 0 unspecified atom stereocenters. The van der Waals surface area contributed by atoms with E-state index in [2.05, 4.69) is 25.3 Å². The summed E-state index contributed by atoms with van der Waals surface area (Å²) in [4.78, 5) is 38.1. The Kier molecular flexibility index (Phi) is 6.12. The highest BCUT2D eigenvalue weighted by atomic mass is 16.5. The molecule has 2 aromatic rings. The monoisotopic (exact) mass is 426 g/mol. The first-order valence-corrected chi connectivity index (χ1v) is 10.3. The normalized spacial score (nSPS) is 18.0. The minimum atomic E-state index is -0.524. The van der Waals surface area contributed by atoms with Gasteiger partial charge in [-0.2, -0.15) is 4.98 Å². The van der Waals surface area contributed by atoms with Crippen LogP contribution in [0.15, 0.2) is 35.1 Å². The number of anilines is 2. The Morgan fingerprint density at radius 2 is 1.97 bits per heavy atom. The van der Waals surface area contributed by atoms with Crippen LogP contribution < -0.4 is 16.0 Å². The maximum atomic E-state index is 12.9. The number of hydrogen-bond acceptors (Lipinski definition) is 8. The van der Waals surface area contributed by atoms with Gasteiger partial charge in [0.15, 0.2) is 5.65 Å². The Labute approximate surface area is 179 Å². The summed E-state index contributed by atoms with van der Waals surface area (Å²) < 4.78 is 6.95. The van der Waals surface area contributed by atoms with Gasteiger partial charge in [0.2, 0.25) is 5.95 Å². The molecule has 31 heavy (non-hydrogen) atoms. The molecule has 4 rings (SSSR count). The highest BCUT2D eigenvalue weighted by Gasteiger charge is 2.27. The number of fused-ring (bicyclic) bond motifs is 1. The summed E-state index contributed by atoms with van der Waals surface area (Å²) in [7, 11) is 1.45. The lowest BCUT2D eigenvalue weighted by atomic mass is 10.1. The number of rotatable bonds is 5. The van der Waals surface area contributed by atoms with Gasteiger partial charge in [-0.1, -0.05) is 0 Å². The highest BCUT2D eigenvalue weighted by Crippen LogP contribution is 2.19. The van der Waals surface area contributed by atoms with Crippen molar-refractivity contribution < 1.29 is 14.3 Å². The number of morpholine rings is 1. The van der Waals surface area contributed by atoms with Crippen LogP contribution in [-0.4, -0.2) is 83.5 Å². The van der Waals surface area contributed by atoms with Crippen molar-refractivity contribution in [3.8, 4) is 0 Å². The lowest BCUT2D eigenvalue weighted by Crippen LogP contribution is -2.44. The van der Waals surface area contributed by atoms with Gasteiger partial charge >= 0.3 is 0 Å². The van der Waals surface area contributed by atoms with Crippen molar-refractivity contribution in [3.05, 3.63) is 30.1 Å². The van der Waals surface area contributed by atoms with Crippen LogP contribution in [0.1, 0.15) is 12.8 Å². The minimum absolute atomic E-state index is 0.0295. The summed E-state index contributed by atoms with van der Waals surface area (Å²) in [6.07, 6.45) is 5.13. The molecule has 0 spiro atoms. The second kappa shape index (κ2) is 9.13. The third-order valence-electron chi connectivity index (χ3n) is 5.36. The topological polar surface area (TPSA) is 130 Å². The van der Waals surface area contributed by atoms with Crippen LogP contribution in [0.4, 0.5) is 11.6 Å². The lowest BCUT2D eigenvalue weighted by molar-refractivity contribution is -0.130. The zero-order chi connectivity index (χ0) is 21.8. The minimum Gasteiger partial charge on any atom is -0.404 e. The van der Waals surface area contributed by atoms with Crippen molar-refractivity contribution in [2.75, 3.05) is 56.7 Å². The average molecular weight is 426 g/mol. The van der Waals surface area contributed by atoms with Gasteiger partial charge in [-0.25, -0.2) is 4.52 Å². The van der Waals surface area contributed by atoms with E-state index >= 15 is 0 Å². The van der Waals surface area contributed by atoms with E-state index in [0.29, 0.717) is 43.6 Å². The van der Waals surface area contributed by atoms with E-state index in [1.54, 1.807) is 27.7 Å². The van der Waals surface area contributed by atoms with Crippen molar-refractivity contribution in [2.45, 2.75) is 12.8 Å². The van der Waals surface area contributed by atoms with Gasteiger partial charge in [-0.15, -0.1) is 5.10 Å². The van der Waals surface area contributed by atoms with Crippen LogP contribution in [0.25, 0.3) is 5.65 Å². The van der Waals surface area contributed by atoms with Crippen molar-refractivity contribution in [3.63, 3.8) is 0 Å². The van der Waals surface area contributed by atoms with Gasteiger partial charge in [-0.05, 0) is 18.9 Å². The molecule has 0 radical (unpaired) electrons. The van der Waals surface area contributed by atoms with Crippen molar-refractivity contribution in [1.29, 1.82) is 0 Å². The number of nitrogens with one attached hydrogen (secondary N) is 1. The largest absolute Gasteiger partial charge is 0.404 e. The summed E-state index contributed by atoms with van der Waals surface area (Å²) in [5, 5.41) is 7.27. The number of pyridine rings is 1. The second-order valence-corrected chi connectivity index (χ2v) is 7.34. The Morgan fingerprint density at radius 3 is 2.65 bits per heavy atom. The maximum absolute atomic E-state index is 12.9. The Morgan fingerprint density at radius 1 is 1.23 bits per heavy atom. The summed E-state index contributed by atoms with van der Waals surface area (Å²) in [6.45, 7) is 3.68. The molecule has 0 aliphatic carbocycles. The highest BCUT2D eigenvalue weighted by molar-refractivity contribution is 6.53. The van der Waals surface area contributed by atoms with Crippen LogP contribution in [0.5, 0.6) is 0 Å². The van der Waals surface area contributed by atoms with E-state index in [1.165, 1.54) is 7.05 Å². The number of ether oxygens (including phenoxy) is 1. The van der Waals surface area contributed by atoms with Crippen molar-refractivity contribution in [1.82, 2.24) is 19.5 Å².